The smallest absolute Gasteiger partial charge is 0.140 e. The Labute approximate surface area is 83.1 Å². The van der Waals surface area contributed by atoms with Gasteiger partial charge in [0.25, 0.3) is 0 Å². The summed E-state index contributed by atoms with van der Waals surface area (Å²) in [5.74, 6) is 2.12. The lowest BCUT2D eigenvalue weighted by Gasteiger charge is -2.18. The van der Waals surface area contributed by atoms with Crippen LogP contribution in [0.4, 0.5) is 0 Å². The predicted molar refractivity (Wildman–Crippen MR) is 51.1 cm³/mol. The van der Waals surface area contributed by atoms with Crippen molar-refractivity contribution in [2.24, 2.45) is 5.92 Å². The van der Waals surface area contributed by atoms with Gasteiger partial charge in [-0.05, 0) is 31.6 Å². The second-order valence-electron chi connectivity index (χ2n) is 4.54. The summed E-state index contributed by atoms with van der Waals surface area (Å²) in [6.45, 7) is 0.277. The maximum absolute atomic E-state index is 9.08. The molecule has 0 amide bonds. The van der Waals surface area contributed by atoms with Crippen molar-refractivity contribution in [2.75, 3.05) is 6.61 Å². The molecule has 0 aromatic carbocycles. The van der Waals surface area contributed by atoms with Gasteiger partial charge in [0.05, 0.1) is 5.69 Å². The van der Waals surface area contributed by atoms with Crippen molar-refractivity contribution in [2.45, 2.75) is 38.0 Å². The highest BCUT2D eigenvalue weighted by Gasteiger charge is 2.33. The molecule has 76 valence electrons. The number of hydrogen-bond donors (Lipinski definition) is 1. The van der Waals surface area contributed by atoms with E-state index in [-0.39, 0.29) is 6.61 Å². The summed E-state index contributed by atoms with van der Waals surface area (Å²) in [7, 11) is 0. The minimum atomic E-state index is 0.277. The minimum Gasteiger partial charge on any atom is -0.396 e. The van der Waals surface area contributed by atoms with E-state index >= 15 is 0 Å². The summed E-state index contributed by atoms with van der Waals surface area (Å²) < 4.78 is 5.36. The number of nitrogens with zero attached hydrogens (tertiary/aromatic N) is 1. The summed E-state index contributed by atoms with van der Waals surface area (Å²) in [5, 5.41) is 13.3. The number of fused-ring (bicyclic) bond motifs is 1. The summed E-state index contributed by atoms with van der Waals surface area (Å²) in [6.07, 6.45) is 5.58. The molecule has 2 aliphatic rings. The third kappa shape index (κ3) is 1.27. The van der Waals surface area contributed by atoms with Crippen molar-refractivity contribution in [3.05, 3.63) is 17.0 Å². The van der Waals surface area contributed by atoms with Crippen LogP contribution in [0.25, 0.3) is 0 Å². The lowest BCUT2D eigenvalue weighted by Crippen LogP contribution is -2.16. The molecule has 3 rings (SSSR count). The number of hydrogen-bond acceptors (Lipinski definition) is 3. The molecule has 3 nitrogen and oxygen atoms in total. The molecule has 0 spiro atoms. The molecule has 1 fully saturated rings. The molecule has 14 heavy (non-hydrogen) atoms. The highest BCUT2D eigenvalue weighted by molar-refractivity contribution is 5.30. The second-order valence-corrected chi connectivity index (χ2v) is 4.54. The Hall–Kier alpha value is -0.830. The highest BCUT2D eigenvalue weighted by atomic mass is 16.5. The Bertz CT molecular complexity index is 341. The molecule has 1 heterocycles. The first-order valence-corrected chi connectivity index (χ1v) is 5.46. The standard InChI is InChI=1S/C11H15NO2/c13-6-7-1-4-9-10(5-7)14-12-11(9)8-2-3-8/h7-8,13H,1-6H2. The van der Waals surface area contributed by atoms with E-state index in [0.717, 1.165) is 25.0 Å². The van der Waals surface area contributed by atoms with E-state index in [1.165, 1.54) is 24.1 Å². The second kappa shape index (κ2) is 3.09. The fourth-order valence-corrected chi connectivity index (χ4v) is 2.33. The average molecular weight is 193 g/mol. The topological polar surface area (TPSA) is 46.3 Å². The first kappa shape index (κ1) is 8.48. The lowest BCUT2D eigenvalue weighted by atomic mass is 9.87. The Balaban J connectivity index is 1.88. The van der Waals surface area contributed by atoms with Gasteiger partial charge in [0.1, 0.15) is 5.76 Å². The number of aliphatic hydroxyl groups is 1. The van der Waals surface area contributed by atoms with Crippen LogP contribution in [0, 0.1) is 5.92 Å². The predicted octanol–water partition coefficient (Wildman–Crippen LogP) is 1.65. The number of aromatic nitrogens is 1. The van der Waals surface area contributed by atoms with Crippen LogP contribution in [-0.4, -0.2) is 16.9 Å². The Morgan fingerprint density at radius 1 is 1.36 bits per heavy atom. The van der Waals surface area contributed by atoms with Gasteiger partial charge < -0.3 is 9.63 Å². The molecule has 2 aliphatic carbocycles. The van der Waals surface area contributed by atoms with E-state index < -0.39 is 0 Å². The summed E-state index contributed by atoms with van der Waals surface area (Å²) in [5.41, 5.74) is 2.58. The average Bonchev–Trinajstić information content (AvgIpc) is 2.98. The van der Waals surface area contributed by atoms with Gasteiger partial charge in [0.15, 0.2) is 0 Å². The van der Waals surface area contributed by atoms with Crippen molar-refractivity contribution in [1.82, 2.24) is 5.16 Å². The van der Waals surface area contributed by atoms with E-state index in [0.29, 0.717) is 11.8 Å². The molecule has 1 aromatic rings. The van der Waals surface area contributed by atoms with Crippen LogP contribution in [0.15, 0.2) is 4.52 Å². The van der Waals surface area contributed by atoms with E-state index in [4.69, 9.17) is 9.63 Å². The maximum Gasteiger partial charge on any atom is 0.140 e. The van der Waals surface area contributed by atoms with E-state index in [1.807, 2.05) is 0 Å². The van der Waals surface area contributed by atoms with Crippen LogP contribution in [0.2, 0.25) is 0 Å². The van der Waals surface area contributed by atoms with Crippen molar-refractivity contribution >= 4 is 0 Å². The van der Waals surface area contributed by atoms with Crippen LogP contribution in [0.5, 0.6) is 0 Å². The zero-order chi connectivity index (χ0) is 9.54. The van der Waals surface area contributed by atoms with Crippen molar-refractivity contribution in [3.63, 3.8) is 0 Å². The number of aliphatic hydroxyl groups excluding tert-OH is 1. The summed E-state index contributed by atoms with van der Waals surface area (Å²) in [4.78, 5) is 0. The molecule has 0 bridgehead atoms. The third-order valence-electron chi connectivity index (χ3n) is 3.40. The zero-order valence-corrected chi connectivity index (χ0v) is 8.20. The van der Waals surface area contributed by atoms with Gasteiger partial charge in [0, 0.05) is 24.5 Å². The first-order chi connectivity index (χ1) is 6.88. The fraction of sp³-hybridized carbons (Fsp3) is 0.727. The Kier molecular flexibility index (Phi) is 1.87. The molecule has 0 radical (unpaired) electrons. The van der Waals surface area contributed by atoms with Gasteiger partial charge in [-0.1, -0.05) is 5.16 Å². The van der Waals surface area contributed by atoms with Crippen LogP contribution in [-0.2, 0) is 12.8 Å². The van der Waals surface area contributed by atoms with Crippen molar-refractivity contribution in [1.29, 1.82) is 0 Å². The molecular formula is C11H15NO2. The Morgan fingerprint density at radius 2 is 2.21 bits per heavy atom. The van der Waals surface area contributed by atoms with Crippen LogP contribution in [0.1, 0.15) is 42.2 Å². The van der Waals surface area contributed by atoms with Crippen LogP contribution < -0.4 is 0 Å². The first-order valence-electron chi connectivity index (χ1n) is 5.46. The van der Waals surface area contributed by atoms with Crippen molar-refractivity contribution in [3.8, 4) is 0 Å². The molecule has 1 aromatic heterocycles. The normalized spacial score (nSPS) is 26.2. The van der Waals surface area contributed by atoms with Gasteiger partial charge in [0.2, 0.25) is 0 Å². The molecule has 1 N–H and O–H groups in total. The van der Waals surface area contributed by atoms with Crippen molar-refractivity contribution < 1.29 is 9.63 Å². The maximum atomic E-state index is 9.08. The van der Waals surface area contributed by atoms with E-state index in [9.17, 15) is 0 Å². The summed E-state index contributed by atoms with van der Waals surface area (Å²) >= 11 is 0. The van der Waals surface area contributed by atoms with E-state index in [2.05, 4.69) is 5.16 Å². The monoisotopic (exact) mass is 193 g/mol. The van der Waals surface area contributed by atoms with Crippen LogP contribution in [0.3, 0.4) is 0 Å². The highest BCUT2D eigenvalue weighted by Crippen LogP contribution is 2.43. The molecule has 1 saturated carbocycles. The lowest BCUT2D eigenvalue weighted by molar-refractivity contribution is 0.202. The van der Waals surface area contributed by atoms with Crippen LogP contribution >= 0.6 is 0 Å². The number of rotatable bonds is 2. The fourth-order valence-electron chi connectivity index (χ4n) is 2.33. The quantitative estimate of drug-likeness (QED) is 0.776. The molecule has 1 atom stereocenters. The van der Waals surface area contributed by atoms with E-state index in [1.54, 1.807) is 0 Å². The largest absolute Gasteiger partial charge is 0.396 e. The minimum absolute atomic E-state index is 0.277. The van der Waals surface area contributed by atoms with Gasteiger partial charge in [-0.25, -0.2) is 0 Å². The third-order valence-corrected chi connectivity index (χ3v) is 3.40. The van der Waals surface area contributed by atoms with Gasteiger partial charge >= 0.3 is 0 Å². The molecule has 0 aliphatic heterocycles. The zero-order valence-electron chi connectivity index (χ0n) is 8.20. The Morgan fingerprint density at radius 3 is 2.93 bits per heavy atom. The van der Waals surface area contributed by atoms with Gasteiger partial charge in [-0.15, -0.1) is 0 Å². The molecule has 0 saturated heterocycles. The molecule has 3 heteroatoms. The van der Waals surface area contributed by atoms with Gasteiger partial charge in [-0.2, -0.15) is 0 Å². The molecular weight excluding hydrogens is 178 g/mol. The summed E-state index contributed by atoms with van der Waals surface area (Å²) in [6, 6.07) is 0. The SMILES string of the molecule is OCC1CCc2c(C3CC3)noc2C1. The molecule has 1 unspecified atom stereocenters. The van der Waals surface area contributed by atoms with Gasteiger partial charge in [-0.3, -0.25) is 0 Å².